The van der Waals surface area contributed by atoms with Gasteiger partial charge in [-0.3, -0.25) is 15.4 Å². The van der Waals surface area contributed by atoms with E-state index in [1.165, 1.54) is 0 Å². The maximum Gasteiger partial charge on any atom is 0.231 e. The zero-order valence-corrected chi connectivity index (χ0v) is 22.6. The van der Waals surface area contributed by atoms with Crippen LogP contribution in [-0.2, 0) is 24.2 Å². The predicted octanol–water partition coefficient (Wildman–Crippen LogP) is 2.41. The molecule has 3 rings (SSSR count). The Hall–Kier alpha value is -4.28. The second-order valence-electron chi connectivity index (χ2n) is 8.73. The molecular weight excluding hydrogens is 500 g/mol. The minimum atomic E-state index is -1.06. The number of aliphatic imine (C=N–C) groups is 1. The van der Waals surface area contributed by atoms with Gasteiger partial charge in [-0.1, -0.05) is 36.4 Å². The molecule has 0 aliphatic carbocycles. The number of nitrogens with one attached hydrogen (secondary N) is 2. The van der Waals surface area contributed by atoms with E-state index in [0.29, 0.717) is 41.5 Å². The van der Waals surface area contributed by atoms with Gasteiger partial charge in [0.05, 0.1) is 40.9 Å². The van der Waals surface area contributed by atoms with E-state index in [4.69, 9.17) is 24.7 Å². The molecule has 0 fully saturated rings. The number of nitrogens with zero attached hydrogens (tertiary/aromatic N) is 1. The summed E-state index contributed by atoms with van der Waals surface area (Å²) in [5.41, 5.74) is 8.64. The van der Waals surface area contributed by atoms with Crippen LogP contribution in [0.25, 0.3) is 0 Å². The van der Waals surface area contributed by atoms with E-state index < -0.39 is 12.3 Å². The van der Waals surface area contributed by atoms with Gasteiger partial charge in [-0.15, -0.1) is 0 Å². The second kappa shape index (κ2) is 14.6. The van der Waals surface area contributed by atoms with Crippen LogP contribution in [0.1, 0.15) is 16.7 Å². The molecule has 0 heterocycles. The summed E-state index contributed by atoms with van der Waals surface area (Å²) in [6.07, 6.45) is -0.630. The van der Waals surface area contributed by atoms with Crippen LogP contribution in [0.4, 0.5) is 0 Å². The highest BCUT2D eigenvalue weighted by Crippen LogP contribution is 2.27. The van der Waals surface area contributed by atoms with E-state index in [1.807, 2.05) is 42.5 Å². The monoisotopic (exact) mass is 536 g/mol. The van der Waals surface area contributed by atoms with Crippen LogP contribution < -0.4 is 35.3 Å². The lowest BCUT2D eigenvalue weighted by Crippen LogP contribution is -2.44. The van der Waals surface area contributed by atoms with Crippen molar-refractivity contribution in [1.82, 2.24) is 10.6 Å². The van der Waals surface area contributed by atoms with Gasteiger partial charge in [0, 0.05) is 12.6 Å². The number of aliphatic hydroxyl groups is 1. The summed E-state index contributed by atoms with van der Waals surface area (Å²) in [4.78, 5) is 17.2. The van der Waals surface area contributed by atoms with Gasteiger partial charge in [0.15, 0.2) is 17.5 Å². The Balaban J connectivity index is 1.71. The number of nitrogens with two attached hydrogens (primary N) is 1. The number of methoxy groups -OCH3 is 4. The topological polar surface area (TPSA) is 137 Å². The van der Waals surface area contributed by atoms with Gasteiger partial charge in [-0.05, 0) is 47.4 Å². The molecule has 0 bridgehead atoms. The van der Waals surface area contributed by atoms with Gasteiger partial charge in [0.25, 0.3) is 0 Å². The molecule has 5 N–H and O–H groups in total. The number of rotatable bonds is 13. The molecule has 0 saturated heterocycles. The van der Waals surface area contributed by atoms with Crippen LogP contribution in [0.2, 0.25) is 0 Å². The first kappa shape index (κ1) is 29.3. The summed E-state index contributed by atoms with van der Waals surface area (Å²) in [6, 6.07) is 19.7. The fourth-order valence-corrected chi connectivity index (χ4v) is 3.98. The number of aliphatic hydroxyl groups excluding tert-OH is 1. The smallest absolute Gasteiger partial charge is 0.231 e. The Morgan fingerprint density at radius 2 is 1.51 bits per heavy atom. The van der Waals surface area contributed by atoms with Crippen molar-refractivity contribution in [3.63, 3.8) is 0 Å². The van der Waals surface area contributed by atoms with Crippen LogP contribution in [0.3, 0.4) is 0 Å². The number of benzene rings is 3. The SMILES string of the molecule is COc1cc(CC(=O)NC(N)=N[C@H](Cc2ccccc2)C(O)NCc2ccc(OC)c(OC)c2)cc(OC)c1. The third-order valence-electron chi connectivity index (χ3n) is 5.96. The fourth-order valence-electron chi connectivity index (χ4n) is 3.98. The van der Waals surface area contributed by atoms with Crippen molar-refractivity contribution < 1.29 is 28.8 Å². The Bertz CT molecular complexity index is 1230. The summed E-state index contributed by atoms with van der Waals surface area (Å²) in [5, 5.41) is 16.7. The zero-order valence-electron chi connectivity index (χ0n) is 22.6. The van der Waals surface area contributed by atoms with Crippen LogP contribution in [-0.4, -0.2) is 57.7 Å². The van der Waals surface area contributed by atoms with Crippen LogP contribution in [0.5, 0.6) is 23.0 Å². The van der Waals surface area contributed by atoms with Crippen LogP contribution in [0, 0.1) is 0 Å². The van der Waals surface area contributed by atoms with Gasteiger partial charge >= 0.3 is 0 Å². The van der Waals surface area contributed by atoms with Gasteiger partial charge in [0.2, 0.25) is 5.91 Å². The largest absolute Gasteiger partial charge is 0.497 e. The normalized spacial score (nSPS) is 12.8. The molecule has 0 saturated carbocycles. The van der Waals surface area contributed by atoms with Gasteiger partial charge in [-0.25, -0.2) is 4.99 Å². The van der Waals surface area contributed by atoms with Gasteiger partial charge in [-0.2, -0.15) is 0 Å². The molecule has 10 heteroatoms. The Morgan fingerprint density at radius 1 is 0.846 bits per heavy atom. The van der Waals surface area contributed by atoms with E-state index in [1.54, 1.807) is 52.7 Å². The van der Waals surface area contributed by atoms with Crippen molar-refractivity contribution in [3.8, 4) is 23.0 Å². The fraction of sp³-hybridized carbons (Fsp3) is 0.310. The highest BCUT2D eigenvalue weighted by Gasteiger charge is 2.20. The number of carbonyl (C=O) groups excluding carboxylic acids is 1. The Kier molecular flexibility index (Phi) is 11.0. The van der Waals surface area contributed by atoms with Gasteiger partial charge in [0.1, 0.15) is 17.7 Å². The molecule has 0 radical (unpaired) electrons. The molecule has 2 atom stereocenters. The molecule has 3 aromatic carbocycles. The molecular formula is C29H36N4O6. The molecule has 0 aromatic heterocycles. The number of hydrogen-bond donors (Lipinski definition) is 4. The summed E-state index contributed by atoms with van der Waals surface area (Å²) >= 11 is 0. The van der Waals surface area contributed by atoms with Gasteiger partial charge < -0.3 is 29.8 Å². The number of carbonyl (C=O) groups is 1. The molecule has 1 unspecified atom stereocenters. The maximum absolute atomic E-state index is 12.7. The lowest BCUT2D eigenvalue weighted by molar-refractivity contribution is -0.119. The molecule has 208 valence electrons. The van der Waals surface area contributed by atoms with E-state index in [0.717, 1.165) is 11.1 Å². The minimum absolute atomic E-state index is 0.0350. The van der Waals surface area contributed by atoms with E-state index >= 15 is 0 Å². The summed E-state index contributed by atoms with van der Waals surface area (Å²) in [6.45, 7) is 0.340. The summed E-state index contributed by atoms with van der Waals surface area (Å²) in [7, 11) is 6.22. The first-order valence-electron chi connectivity index (χ1n) is 12.4. The minimum Gasteiger partial charge on any atom is -0.497 e. The third kappa shape index (κ3) is 8.91. The predicted molar refractivity (Wildman–Crippen MR) is 149 cm³/mol. The first-order chi connectivity index (χ1) is 18.8. The van der Waals surface area contributed by atoms with Crippen molar-refractivity contribution >= 4 is 11.9 Å². The summed E-state index contributed by atoms with van der Waals surface area (Å²) in [5.74, 6) is 1.89. The van der Waals surface area contributed by atoms with E-state index in [2.05, 4.69) is 15.6 Å². The second-order valence-corrected chi connectivity index (χ2v) is 8.73. The maximum atomic E-state index is 12.7. The average molecular weight is 537 g/mol. The van der Waals surface area contributed by atoms with Crippen LogP contribution >= 0.6 is 0 Å². The number of hydrogen-bond acceptors (Lipinski definition) is 8. The molecule has 1 amide bonds. The average Bonchev–Trinajstić information content (AvgIpc) is 2.95. The molecule has 0 spiro atoms. The molecule has 3 aromatic rings. The zero-order chi connectivity index (χ0) is 28.2. The molecule has 0 aliphatic rings. The highest BCUT2D eigenvalue weighted by atomic mass is 16.5. The lowest BCUT2D eigenvalue weighted by Gasteiger charge is -2.22. The summed E-state index contributed by atoms with van der Waals surface area (Å²) < 4.78 is 21.2. The van der Waals surface area contributed by atoms with Crippen molar-refractivity contribution in [2.75, 3.05) is 28.4 Å². The standard InChI is InChI=1S/C29H36N4O6/c1-36-22-12-21(13-23(17-22)37-2)16-27(34)33-29(30)32-24(14-19-8-6-5-7-9-19)28(35)31-18-20-10-11-25(38-3)26(15-20)39-4/h5-13,15,17,24,28,31,35H,14,16,18H2,1-4H3,(H3,30,32,33,34)/t24-,28?/m1/s1. The van der Waals surface area contributed by atoms with Crippen molar-refractivity contribution in [2.24, 2.45) is 10.7 Å². The molecule has 10 nitrogen and oxygen atoms in total. The lowest BCUT2D eigenvalue weighted by atomic mass is 10.0. The molecule has 39 heavy (non-hydrogen) atoms. The van der Waals surface area contributed by atoms with Crippen LogP contribution in [0.15, 0.2) is 71.7 Å². The molecule has 0 aliphatic heterocycles. The van der Waals surface area contributed by atoms with Crippen molar-refractivity contribution in [3.05, 3.63) is 83.4 Å². The third-order valence-corrected chi connectivity index (χ3v) is 5.96. The Morgan fingerprint density at radius 3 is 2.13 bits per heavy atom. The number of ether oxygens (including phenoxy) is 4. The van der Waals surface area contributed by atoms with E-state index in [-0.39, 0.29) is 18.3 Å². The van der Waals surface area contributed by atoms with Crippen molar-refractivity contribution in [2.45, 2.75) is 31.7 Å². The highest BCUT2D eigenvalue weighted by molar-refractivity contribution is 5.97. The Labute approximate surface area is 228 Å². The first-order valence-corrected chi connectivity index (χ1v) is 12.4. The van der Waals surface area contributed by atoms with Crippen molar-refractivity contribution in [1.29, 1.82) is 0 Å². The quantitative estimate of drug-likeness (QED) is 0.149. The number of guanidine groups is 1. The number of amides is 1. The van der Waals surface area contributed by atoms with E-state index in [9.17, 15) is 9.90 Å².